The van der Waals surface area contributed by atoms with Gasteiger partial charge in [0.05, 0.1) is 11.3 Å². The van der Waals surface area contributed by atoms with Crippen LogP contribution in [-0.4, -0.2) is 28.6 Å². The fourth-order valence-electron chi connectivity index (χ4n) is 3.33. The molecule has 138 valence electrons. The lowest BCUT2D eigenvalue weighted by Crippen LogP contribution is -2.25. The number of carbonyl (C=O) groups excluding carboxylic acids is 3. The summed E-state index contributed by atoms with van der Waals surface area (Å²) in [4.78, 5) is 39.9. The van der Waals surface area contributed by atoms with Gasteiger partial charge in [-0.1, -0.05) is 30.3 Å². The number of fused-ring (bicyclic) bond motifs is 1. The molecule has 0 saturated carbocycles. The van der Waals surface area contributed by atoms with Crippen molar-refractivity contribution < 1.29 is 19.1 Å². The molecule has 1 atom stereocenters. The number of Topliss-reactive ketones (excluding diaryl/α,β-unsaturated/α-hetero) is 2. The van der Waals surface area contributed by atoms with Crippen LogP contribution in [0.5, 0.6) is 0 Å². The van der Waals surface area contributed by atoms with Crippen molar-refractivity contribution in [2.75, 3.05) is 0 Å². The molecule has 0 saturated heterocycles. The van der Waals surface area contributed by atoms with Crippen molar-refractivity contribution in [1.29, 1.82) is 0 Å². The summed E-state index contributed by atoms with van der Waals surface area (Å²) >= 11 is 0. The van der Waals surface area contributed by atoms with Gasteiger partial charge in [-0.3, -0.25) is 9.59 Å². The largest absolute Gasteiger partial charge is 0.451 e. The molecule has 1 N–H and O–H groups in total. The van der Waals surface area contributed by atoms with Crippen molar-refractivity contribution in [3.63, 3.8) is 0 Å². The van der Waals surface area contributed by atoms with E-state index in [9.17, 15) is 14.4 Å². The van der Waals surface area contributed by atoms with Gasteiger partial charge in [0.25, 0.3) is 0 Å². The first-order valence-electron chi connectivity index (χ1n) is 8.73. The summed E-state index contributed by atoms with van der Waals surface area (Å²) in [6.45, 7) is 6.45. The molecule has 0 aliphatic heterocycles. The Morgan fingerprint density at radius 3 is 2.30 bits per heavy atom. The highest BCUT2D eigenvalue weighted by Gasteiger charge is 2.26. The van der Waals surface area contributed by atoms with Gasteiger partial charge >= 0.3 is 5.97 Å². The third kappa shape index (κ3) is 3.53. The molecule has 0 aliphatic carbocycles. The summed E-state index contributed by atoms with van der Waals surface area (Å²) in [5.74, 6) is -1.03. The zero-order valence-corrected chi connectivity index (χ0v) is 15.8. The van der Waals surface area contributed by atoms with Crippen LogP contribution in [0.3, 0.4) is 0 Å². The van der Waals surface area contributed by atoms with E-state index in [1.165, 1.54) is 13.8 Å². The first kappa shape index (κ1) is 18.6. The molecular formula is C22H21NO4. The number of aryl methyl sites for hydroxylation is 1. The summed E-state index contributed by atoms with van der Waals surface area (Å²) in [5, 5.41) is 1.94. The zero-order valence-electron chi connectivity index (χ0n) is 15.8. The van der Waals surface area contributed by atoms with Crippen LogP contribution in [0.15, 0.2) is 42.5 Å². The van der Waals surface area contributed by atoms with Crippen LogP contribution in [0.1, 0.15) is 56.3 Å². The van der Waals surface area contributed by atoms with Crippen LogP contribution in [0, 0.1) is 13.8 Å². The number of hydrogen-bond donors (Lipinski definition) is 1. The SMILES string of the molecule is CC(=O)c1c(C)[nH]c(C(=O)[C@@H](C)OC(=O)c2ccc3ccccc3c2)c1C. The highest BCUT2D eigenvalue weighted by atomic mass is 16.5. The smallest absolute Gasteiger partial charge is 0.338 e. The Balaban J connectivity index is 1.80. The maximum atomic E-state index is 12.7. The van der Waals surface area contributed by atoms with E-state index in [4.69, 9.17) is 4.74 Å². The molecule has 3 aromatic rings. The molecule has 5 heteroatoms. The number of nitrogens with one attached hydrogen (secondary N) is 1. The second kappa shape index (κ2) is 7.19. The van der Waals surface area contributed by atoms with Crippen molar-refractivity contribution in [3.05, 3.63) is 70.5 Å². The van der Waals surface area contributed by atoms with Gasteiger partial charge in [-0.25, -0.2) is 4.79 Å². The Morgan fingerprint density at radius 2 is 1.67 bits per heavy atom. The van der Waals surface area contributed by atoms with Crippen molar-refractivity contribution in [1.82, 2.24) is 4.98 Å². The van der Waals surface area contributed by atoms with Crippen LogP contribution in [0.25, 0.3) is 10.8 Å². The Bertz CT molecular complexity index is 1060. The number of H-pyrrole nitrogens is 1. The molecule has 0 amide bonds. The zero-order chi connectivity index (χ0) is 19.7. The summed E-state index contributed by atoms with van der Waals surface area (Å²) in [6.07, 6.45) is -0.972. The molecule has 2 aromatic carbocycles. The van der Waals surface area contributed by atoms with E-state index in [0.717, 1.165) is 10.8 Å². The Labute approximate surface area is 157 Å². The number of ketones is 2. The maximum absolute atomic E-state index is 12.7. The van der Waals surface area contributed by atoms with E-state index in [2.05, 4.69) is 4.98 Å². The van der Waals surface area contributed by atoms with Gasteiger partial charge in [0.1, 0.15) is 0 Å². The number of aromatic nitrogens is 1. The summed E-state index contributed by atoms with van der Waals surface area (Å²) < 4.78 is 5.37. The molecule has 1 heterocycles. The van der Waals surface area contributed by atoms with E-state index in [0.29, 0.717) is 28.1 Å². The van der Waals surface area contributed by atoms with Crippen molar-refractivity contribution in [3.8, 4) is 0 Å². The predicted octanol–water partition coefficient (Wildman–Crippen LogP) is 4.42. The standard InChI is InChI=1S/C22H21NO4/c1-12-19(14(3)24)13(2)23-20(12)21(25)15(4)27-22(26)18-10-9-16-7-5-6-8-17(16)11-18/h5-11,15,23H,1-4H3/t15-/m1/s1. The molecule has 0 spiro atoms. The number of benzene rings is 2. The molecule has 0 unspecified atom stereocenters. The summed E-state index contributed by atoms with van der Waals surface area (Å²) in [5.41, 5.74) is 2.41. The number of aromatic amines is 1. The van der Waals surface area contributed by atoms with Crippen LogP contribution >= 0.6 is 0 Å². The quantitative estimate of drug-likeness (QED) is 0.538. The van der Waals surface area contributed by atoms with Crippen molar-refractivity contribution in [2.24, 2.45) is 0 Å². The number of rotatable bonds is 5. The second-order valence-corrected chi connectivity index (χ2v) is 6.65. The van der Waals surface area contributed by atoms with Crippen LogP contribution < -0.4 is 0 Å². The third-order valence-corrected chi connectivity index (χ3v) is 4.67. The van der Waals surface area contributed by atoms with E-state index in [1.807, 2.05) is 30.3 Å². The molecule has 0 aliphatic rings. The minimum atomic E-state index is -0.972. The molecule has 3 rings (SSSR count). The minimum absolute atomic E-state index is 0.110. The van der Waals surface area contributed by atoms with E-state index < -0.39 is 12.1 Å². The lowest BCUT2D eigenvalue weighted by molar-refractivity contribution is 0.0317. The van der Waals surface area contributed by atoms with E-state index >= 15 is 0 Å². The summed E-state index contributed by atoms with van der Waals surface area (Å²) in [7, 11) is 0. The molecule has 5 nitrogen and oxygen atoms in total. The second-order valence-electron chi connectivity index (χ2n) is 6.65. The highest BCUT2D eigenvalue weighted by molar-refractivity contribution is 6.06. The van der Waals surface area contributed by atoms with E-state index in [-0.39, 0.29) is 11.6 Å². The molecule has 0 bridgehead atoms. The number of hydrogen-bond acceptors (Lipinski definition) is 4. The molecule has 0 fully saturated rings. The Kier molecular flexibility index (Phi) is 4.95. The van der Waals surface area contributed by atoms with Gasteiger partial charge in [-0.15, -0.1) is 0 Å². The maximum Gasteiger partial charge on any atom is 0.338 e. The molecule has 1 aromatic heterocycles. The molecule has 27 heavy (non-hydrogen) atoms. The van der Waals surface area contributed by atoms with Crippen molar-refractivity contribution >= 4 is 28.3 Å². The van der Waals surface area contributed by atoms with Gasteiger partial charge in [-0.2, -0.15) is 0 Å². The molecule has 0 radical (unpaired) electrons. The van der Waals surface area contributed by atoms with Crippen molar-refractivity contribution in [2.45, 2.75) is 33.8 Å². The predicted molar refractivity (Wildman–Crippen MR) is 103 cm³/mol. The number of ether oxygens (including phenoxy) is 1. The minimum Gasteiger partial charge on any atom is -0.451 e. The topological polar surface area (TPSA) is 76.2 Å². The number of esters is 1. The number of carbonyl (C=O) groups is 3. The van der Waals surface area contributed by atoms with Gasteiger partial charge < -0.3 is 9.72 Å². The third-order valence-electron chi connectivity index (χ3n) is 4.67. The van der Waals surface area contributed by atoms with Crippen LogP contribution in [0.4, 0.5) is 0 Å². The monoisotopic (exact) mass is 363 g/mol. The van der Waals surface area contributed by atoms with Crippen LogP contribution in [0.2, 0.25) is 0 Å². The molecular weight excluding hydrogens is 342 g/mol. The fourth-order valence-corrected chi connectivity index (χ4v) is 3.33. The lowest BCUT2D eigenvalue weighted by atomic mass is 10.0. The van der Waals surface area contributed by atoms with Gasteiger partial charge in [0, 0.05) is 11.3 Å². The fraction of sp³-hybridized carbons (Fsp3) is 0.227. The lowest BCUT2D eigenvalue weighted by Gasteiger charge is -2.12. The first-order valence-corrected chi connectivity index (χ1v) is 8.73. The first-order chi connectivity index (χ1) is 12.8. The highest BCUT2D eigenvalue weighted by Crippen LogP contribution is 2.21. The summed E-state index contributed by atoms with van der Waals surface area (Å²) in [6, 6.07) is 13.0. The van der Waals surface area contributed by atoms with E-state index in [1.54, 1.807) is 26.0 Å². The Hall–Kier alpha value is -3.21. The Morgan fingerprint density at radius 1 is 1.00 bits per heavy atom. The van der Waals surface area contributed by atoms with Gasteiger partial charge in [-0.05, 0) is 56.2 Å². The van der Waals surface area contributed by atoms with Gasteiger partial charge in [0.15, 0.2) is 11.9 Å². The van der Waals surface area contributed by atoms with Crippen LogP contribution in [-0.2, 0) is 4.74 Å². The average molecular weight is 363 g/mol. The average Bonchev–Trinajstić information content (AvgIpc) is 2.94. The van der Waals surface area contributed by atoms with Gasteiger partial charge in [0.2, 0.25) is 5.78 Å². The normalized spacial score (nSPS) is 12.0.